The number of amides is 1. The monoisotopic (exact) mass is 452 g/mol. The van der Waals surface area contributed by atoms with Crippen LogP contribution in [-0.2, 0) is 14.8 Å². The van der Waals surface area contributed by atoms with E-state index in [2.05, 4.69) is 5.32 Å². The van der Waals surface area contributed by atoms with E-state index >= 15 is 0 Å². The summed E-state index contributed by atoms with van der Waals surface area (Å²) in [5, 5.41) is 3.67. The Hall–Kier alpha value is -1.67. The highest BCUT2D eigenvalue weighted by Gasteiger charge is 2.27. The van der Waals surface area contributed by atoms with Gasteiger partial charge in [0, 0.05) is 40.0 Å². The molecule has 0 unspecified atom stereocenters. The van der Waals surface area contributed by atoms with Gasteiger partial charge in [-0.15, -0.1) is 11.3 Å². The van der Waals surface area contributed by atoms with Crippen LogP contribution in [0.1, 0.15) is 31.1 Å². The van der Waals surface area contributed by atoms with Crippen LogP contribution in [0.25, 0.3) is 16.5 Å². The Bertz CT molecular complexity index is 977. The fraction of sp³-hybridized carbons (Fsp3) is 0.381. The van der Waals surface area contributed by atoms with Crippen LogP contribution in [0, 0.1) is 0 Å². The smallest absolute Gasteiger partial charge is 0.244 e. The molecule has 0 atom stereocenters. The molecule has 0 saturated carbocycles. The van der Waals surface area contributed by atoms with Crippen molar-refractivity contribution in [3.63, 3.8) is 0 Å². The number of hydrogen-bond acceptors (Lipinski definition) is 4. The van der Waals surface area contributed by atoms with Gasteiger partial charge in [-0.25, -0.2) is 12.7 Å². The highest BCUT2D eigenvalue weighted by atomic mass is 35.5. The van der Waals surface area contributed by atoms with E-state index in [0.717, 1.165) is 15.3 Å². The quantitative estimate of drug-likeness (QED) is 0.633. The molecular formula is C21H25ClN2O3S2. The fourth-order valence-corrected chi connectivity index (χ4v) is 5.95. The van der Waals surface area contributed by atoms with E-state index in [0.29, 0.717) is 37.4 Å². The van der Waals surface area contributed by atoms with Crippen molar-refractivity contribution < 1.29 is 13.2 Å². The van der Waals surface area contributed by atoms with Crippen LogP contribution in [0.4, 0.5) is 0 Å². The molecule has 29 heavy (non-hydrogen) atoms. The third kappa shape index (κ3) is 6.15. The van der Waals surface area contributed by atoms with E-state index in [1.807, 2.05) is 43.3 Å². The lowest BCUT2D eigenvalue weighted by molar-refractivity contribution is -0.117. The molecule has 2 aromatic rings. The minimum absolute atomic E-state index is 0.00517. The molecule has 2 heterocycles. The van der Waals surface area contributed by atoms with E-state index in [9.17, 15) is 13.2 Å². The number of sulfonamides is 1. The SMILES string of the molecule is CCCS(=O)(=O)N1CCC(NC(=O)C=Cc2ccc(-c3cccc(Cl)c3)s2)CC1. The van der Waals surface area contributed by atoms with Gasteiger partial charge in [-0.3, -0.25) is 4.79 Å². The lowest BCUT2D eigenvalue weighted by Crippen LogP contribution is -2.46. The van der Waals surface area contributed by atoms with Crippen LogP contribution < -0.4 is 5.32 Å². The number of halogens is 1. The Morgan fingerprint density at radius 1 is 1.28 bits per heavy atom. The van der Waals surface area contributed by atoms with Gasteiger partial charge < -0.3 is 5.32 Å². The van der Waals surface area contributed by atoms with E-state index < -0.39 is 10.0 Å². The summed E-state index contributed by atoms with van der Waals surface area (Å²) in [4.78, 5) is 14.3. The Morgan fingerprint density at radius 3 is 2.72 bits per heavy atom. The second-order valence-electron chi connectivity index (χ2n) is 7.04. The van der Waals surface area contributed by atoms with Crippen molar-refractivity contribution in [2.24, 2.45) is 0 Å². The van der Waals surface area contributed by atoms with Gasteiger partial charge in [0.15, 0.2) is 0 Å². The standard InChI is InChI=1S/C21H25ClN2O3S2/c1-2-14-29(26,27)24-12-10-18(11-13-24)23-21(25)9-7-19-6-8-20(28-19)16-4-3-5-17(22)15-16/h3-9,15,18H,2,10-14H2,1H3,(H,23,25). The molecule has 1 aromatic heterocycles. The zero-order valence-electron chi connectivity index (χ0n) is 16.3. The number of hydrogen-bond donors (Lipinski definition) is 1. The van der Waals surface area contributed by atoms with Crippen molar-refractivity contribution in [3.8, 4) is 10.4 Å². The summed E-state index contributed by atoms with van der Waals surface area (Å²) in [5.41, 5.74) is 1.05. The average Bonchev–Trinajstić information content (AvgIpc) is 3.16. The normalized spacial score (nSPS) is 16.3. The molecule has 1 aliphatic heterocycles. The van der Waals surface area contributed by atoms with E-state index in [1.165, 1.54) is 10.4 Å². The minimum atomic E-state index is -3.16. The highest BCUT2D eigenvalue weighted by Crippen LogP contribution is 2.30. The number of nitrogens with zero attached hydrogens (tertiary/aromatic N) is 1. The number of benzene rings is 1. The van der Waals surface area contributed by atoms with E-state index in [-0.39, 0.29) is 17.7 Å². The van der Waals surface area contributed by atoms with Crippen molar-refractivity contribution in [2.75, 3.05) is 18.8 Å². The third-order valence-corrected chi connectivity index (χ3v) is 8.20. The molecule has 5 nitrogen and oxygen atoms in total. The zero-order valence-corrected chi connectivity index (χ0v) is 18.7. The summed E-state index contributed by atoms with van der Waals surface area (Å²) in [6, 6.07) is 11.7. The fourth-order valence-electron chi connectivity index (χ4n) is 3.31. The molecule has 0 aliphatic carbocycles. The van der Waals surface area contributed by atoms with Crippen LogP contribution in [0.3, 0.4) is 0 Å². The molecular weight excluding hydrogens is 428 g/mol. The maximum atomic E-state index is 12.2. The lowest BCUT2D eigenvalue weighted by Gasteiger charge is -2.31. The maximum absolute atomic E-state index is 12.2. The maximum Gasteiger partial charge on any atom is 0.244 e. The molecule has 0 bridgehead atoms. The van der Waals surface area contributed by atoms with Crippen molar-refractivity contribution >= 4 is 44.9 Å². The van der Waals surface area contributed by atoms with Crippen LogP contribution in [0.2, 0.25) is 5.02 Å². The molecule has 1 aliphatic rings. The molecule has 3 rings (SSSR count). The number of rotatable bonds is 7. The second-order valence-corrected chi connectivity index (χ2v) is 10.7. The van der Waals surface area contributed by atoms with Gasteiger partial charge in [-0.1, -0.05) is 30.7 Å². The van der Waals surface area contributed by atoms with Crippen molar-refractivity contribution in [1.29, 1.82) is 0 Å². The summed E-state index contributed by atoms with van der Waals surface area (Å²) >= 11 is 7.64. The van der Waals surface area contributed by atoms with Crippen molar-refractivity contribution in [3.05, 3.63) is 52.4 Å². The molecule has 156 valence electrons. The largest absolute Gasteiger partial charge is 0.350 e. The third-order valence-electron chi connectivity index (χ3n) is 4.79. The topological polar surface area (TPSA) is 66.5 Å². The van der Waals surface area contributed by atoms with Gasteiger partial charge in [0.1, 0.15) is 0 Å². The summed E-state index contributed by atoms with van der Waals surface area (Å²) in [6.45, 7) is 2.79. The van der Waals surface area contributed by atoms with E-state index in [4.69, 9.17) is 11.6 Å². The van der Waals surface area contributed by atoms with E-state index in [1.54, 1.807) is 17.4 Å². The summed E-state index contributed by atoms with van der Waals surface area (Å²) in [7, 11) is -3.16. The number of carbonyl (C=O) groups is 1. The molecule has 0 spiro atoms. The molecule has 1 fully saturated rings. The predicted octanol–water partition coefficient (Wildman–Crippen LogP) is 4.40. The van der Waals surface area contributed by atoms with Gasteiger partial charge in [0.25, 0.3) is 0 Å². The molecule has 0 radical (unpaired) electrons. The summed E-state index contributed by atoms with van der Waals surface area (Å²) in [5.74, 6) is 0.0302. The van der Waals surface area contributed by atoms with Crippen molar-refractivity contribution in [2.45, 2.75) is 32.2 Å². The lowest BCUT2D eigenvalue weighted by atomic mass is 10.1. The first-order valence-electron chi connectivity index (χ1n) is 9.69. The van der Waals surface area contributed by atoms with Gasteiger partial charge in [0.2, 0.25) is 15.9 Å². The first-order valence-corrected chi connectivity index (χ1v) is 12.5. The van der Waals surface area contributed by atoms with Crippen molar-refractivity contribution in [1.82, 2.24) is 9.62 Å². The highest BCUT2D eigenvalue weighted by molar-refractivity contribution is 7.89. The molecule has 1 saturated heterocycles. The first-order chi connectivity index (χ1) is 13.9. The Labute approximate surface area is 181 Å². The predicted molar refractivity (Wildman–Crippen MR) is 121 cm³/mol. The summed E-state index contributed by atoms with van der Waals surface area (Å²) in [6.07, 6.45) is 5.23. The number of carbonyl (C=O) groups excluding carboxylic acids is 1. The van der Waals surface area contributed by atoms with Gasteiger partial charge in [-0.2, -0.15) is 0 Å². The Morgan fingerprint density at radius 2 is 2.03 bits per heavy atom. The summed E-state index contributed by atoms with van der Waals surface area (Å²) < 4.78 is 25.8. The van der Waals surface area contributed by atoms with Crippen LogP contribution >= 0.6 is 22.9 Å². The molecule has 1 N–H and O–H groups in total. The van der Waals surface area contributed by atoms with Crippen LogP contribution in [0.15, 0.2) is 42.5 Å². The Balaban J connectivity index is 1.51. The number of nitrogens with one attached hydrogen (secondary N) is 1. The number of thiophene rings is 1. The first kappa shape index (κ1) is 22.0. The van der Waals surface area contributed by atoms with Gasteiger partial charge in [0.05, 0.1) is 5.75 Å². The second kappa shape index (κ2) is 9.89. The molecule has 1 aromatic carbocycles. The zero-order chi connectivity index (χ0) is 20.9. The van der Waals surface area contributed by atoms with Crippen LogP contribution in [0.5, 0.6) is 0 Å². The Kier molecular flexibility index (Phi) is 7.51. The molecule has 1 amide bonds. The minimum Gasteiger partial charge on any atom is -0.350 e. The molecule has 8 heteroatoms. The van der Waals surface area contributed by atoms with Crippen LogP contribution in [-0.4, -0.2) is 43.5 Å². The van der Waals surface area contributed by atoms with Gasteiger partial charge in [-0.05, 0) is 55.2 Å². The number of piperidine rings is 1. The average molecular weight is 453 g/mol. The van der Waals surface area contributed by atoms with Gasteiger partial charge >= 0.3 is 0 Å².